The second kappa shape index (κ2) is 1.51. The summed E-state index contributed by atoms with van der Waals surface area (Å²) in [6, 6.07) is 0. The fraction of sp³-hybridized carbons (Fsp3) is 1.00. The Morgan fingerprint density at radius 1 is 1.07 bits per heavy atom. The molecule has 0 amide bonds. The maximum absolute atomic E-state index is 10.5. The highest BCUT2D eigenvalue weighted by Crippen LogP contribution is 3.01. The zero-order valence-corrected chi connectivity index (χ0v) is 8.60. The SMILES string of the molecule is COCC12C3C4C3C3C1C2C4C3(C)O. The maximum Gasteiger partial charge on any atom is 0.0687 e. The highest BCUT2D eigenvalue weighted by molar-refractivity contribution is 5.48. The lowest BCUT2D eigenvalue weighted by molar-refractivity contribution is -0.0155. The van der Waals surface area contributed by atoms with Crippen LogP contribution in [0.1, 0.15) is 6.92 Å². The van der Waals surface area contributed by atoms with E-state index in [1.165, 1.54) is 0 Å². The molecule has 0 aromatic heterocycles. The highest BCUT2D eigenvalue weighted by Gasteiger charge is 3.01. The third kappa shape index (κ3) is 0.371. The minimum atomic E-state index is -0.297. The predicted octanol–water partition coefficient (Wildman–Crippen LogP) is 0.752. The van der Waals surface area contributed by atoms with Crippen LogP contribution in [0, 0.1) is 46.8 Å². The molecule has 0 saturated heterocycles. The summed E-state index contributed by atoms with van der Waals surface area (Å²) in [5, 5.41) is 10.5. The zero-order valence-electron chi connectivity index (χ0n) is 8.60. The summed E-state index contributed by atoms with van der Waals surface area (Å²) in [6.45, 7) is 3.07. The average Bonchev–Trinajstić information content (AvgIpc) is 2.89. The molecule has 0 aromatic rings. The van der Waals surface area contributed by atoms with Crippen LogP contribution in [-0.2, 0) is 4.74 Å². The molecule has 0 heterocycles. The molecule has 6 aliphatic carbocycles. The van der Waals surface area contributed by atoms with Crippen molar-refractivity contribution in [2.45, 2.75) is 12.5 Å². The van der Waals surface area contributed by atoms with Crippen LogP contribution in [0.3, 0.4) is 0 Å². The van der Waals surface area contributed by atoms with E-state index in [9.17, 15) is 5.11 Å². The number of rotatable bonds is 2. The van der Waals surface area contributed by atoms with Crippen LogP contribution < -0.4 is 0 Å². The molecule has 6 rings (SSSR count). The Kier molecular flexibility index (Phi) is 0.778. The van der Waals surface area contributed by atoms with E-state index in [1.54, 1.807) is 0 Å². The monoisotopic (exact) mass is 192 g/mol. The molecule has 0 aliphatic heterocycles. The summed E-state index contributed by atoms with van der Waals surface area (Å²) in [5.74, 6) is 5.78. The van der Waals surface area contributed by atoms with Crippen molar-refractivity contribution in [3.05, 3.63) is 0 Å². The number of hydrogen-bond acceptors (Lipinski definition) is 2. The van der Waals surface area contributed by atoms with E-state index in [2.05, 4.69) is 6.92 Å². The Morgan fingerprint density at radius 2 is 1.64 bits per heavy atom. The van der Waals surface area contributed by atoms with Crippen molar-refractivity contribution in [2.24, 2.45) is 46.8 Å². The summed E-state index contributed by atoms with van der Waals surface area (Å²) in [7, 11) is 1.83. The summed E-state index contributed by atoms with van der Waals surface area (Å²) < 4.78 is 5.42. The second-order valence-corrected chi connectivity index (χ2v) is 6.55. The van der Waals surface area contributed by atoms with Gasteiger partial charge in [0.05, 0.1) is 12.2 Å². The fourth-order valence-electron chi connectivity index (χ4n) is 6.83. The van der Waals surface area contributed by atoms with Crippen LogP contribution in [0.2, 0.25) is 0 Å². The van der Waals surface area contributed by atoms with Crippen LogP contribution in [0.5, 0.6) is 0 Å². The molecule has 0 radical (unpaired) electrons. The minimum Gasteiger partial charge on any atom is -0.390 e. The molecule has 6 saturated carbocycles. The van der Waals surface area contributed by atoms with Gasteiger partial charge in [0.1, 0.15) is 0 Å². The molecule has 0 aromatic carbocycles. The van der Waals surface area contributed by atoms with E-state index in [1.807, 2.05) is 7.11 Å². The largest absolute Gasteiger partial charge is 0.390 e. The normalized spacial score (nSPS) is 83.8. The van der Waals surface area contributed by atoms with Crippen LogP contribution in [-0.4, -0.2) is 24.4 Å². The van der Waals surface area contributed by atoms with Gasteiger partial charge >= 0.3 is 0 Å². The lowest BCUT2D eigenvalue weighted by Gasteiger charge is -2.27. The molecule has 6 fully saturated rings. The van der Waals surface area contributed by atoms with E-state index < -0.39 is 0 Å². The highest BCUT2D eigenvalue weighted by atomic mass is 16.5. The number of hydrogen-bond donors (Lipinski definition) is 1. The fourth-order valence-corrected chi connectivity index (χ4v) is 6.83. The molecule has 6 atom stereocenters. The smallest absolute Gasteiger partial charge is 0.0687 e. The molecular weight excluding hydrogens is 176 g/mol. The zero-order chi connectivity index (χ0) is 9.46. The minimum absolute atomic E-state index is 0.297. The molecule has 2 heteroatoms. The van der Waals surface area contributed by atoms with Gasteiger partial charge in [-0.25, -0.2) is 0 Å². The Labute approximate surface area is 83.6 Å². The van der Waals surface area contributed by atoms with E-state index >= 15 is 0 Å². The van der Waals surface area contributed by atoms with Gasteiger partial charge in [0, 0.05) is 12.5 Å². The van der Waals surface area contributed by atoms with E-state index in [0.717, 1.165) is 36.2 Å². The van der Waals surface area contributed by atoms with Crippen molar-refractivity contribution in [2.75, 3.05) is 13.7 Å². The van der Waals surface area contributed by atoms with Crippen LogP contribution in [0.15, 0.2) is 0 Å². The summed E-state index contributed by atoms with van der Waals surface area (Å²) in [4.78, 5) is 0. The van der Waals surface area contributed by atoms with Gasteiger partial charge < -0.3 is 9.84 Å². The van der Waals surface area contributed by atoms with Crippen molar-refractivity contribution < 1.29 is 9.84 Å². The second-order valence-electron chi connectivity index (χ2n) is 6.55. The maximum atomic E-state index is 10.5. The number of aliphatic hydroxyl groups is 1. The lowest BCUT2D eigenvalue weighted by atomic mass is 9.86. The molecule has 1 N–H and O–H groups in total. The van der Waals surface area contributed by atoms with Gasteiger partial charge in [0.15, 0.2) is 0 Å². The Balaban J connectivity index is 1.68. The molecule has 6 aliphatic rings. The van der Waals surface area contributed by atoms with E-state index in [-0.39, 0.29) is 5.60 Å². The van der Waals surface area contributed by atoms with Crippen molar-refractivity contribution in [1.29, 1.82) is 0 Å². The number of methoxy groups -OCH3 is 1. The number of ether oxygens (including phenoxy) is 1. The third-order valence-corrected chi connectivity index (χ3v) is 6.62. The van der Waals surface area contributed by atoms with Crippen molar-refractivity contribution in [1.82, 2.24) is 0 Å². The first-order valence-electron chi connectivity index (χ1n) is 5.88. The van der Waals surface area contributed by atoms with Crippen molar-refractivity contribution in [3.8, 4) is 0 Å². The first-order valence-corrected chi connectivity index (χ1v) is 5.88. The predicted molar refractivity (Wildman–Crippen MR) is 49.4 cm³/mol. The van der Waals surface area contributed by atoms with Gasteiger partial charge in [-0.2, -0.15) is 0 Å². The molecule has 76 valence electrons. The van der Waals surface area contributed by atoms with E-state index in [0.29, 0.717) is 17.3 Å². The van der Waals surface area contributed by atoms with Gasteiger partial charge in [-0.15, -0.1) is 0 Å². The topological polar surface area (TPSA) is 29.5 Å². The Morgan fingerprint density at radius 3 is 2.07 bits per heavy atom. The Hall–Kier alpha value is -0.0800. The van der Waals surface area contributed by atoms with Gasteiger partial charge in [0.2, 0.25) is 0 Å². The summed E-state index contributed by atoms with van der Waals surface area (Å²) in [6.07, 6.45) is 0. The Bertz CT molecular complexity index is 335. The lowest BCUT2D eigenvalue weighted by Crippen LogP contribution is -2.35. The average molecular weight is 192 g/mol. The first-order chi connectivity index (χ1) is 6.67. The van der Waals surface area contributed by atoms with Crippen LogP contribution in [0.25, 0.3) is 0 Å². The molecule has 2 nitrogen and oxygen atoms in total. The third-order valence-electron chi connectivity index (χ3n) is 6.62. The summed E-state index contributed by atoms with van der Waals surface area (Å²) >= 11 is 0. The first kappa shape index (κ1) is 7.24. The molecule has 2 bridgehead atoms. The molecular formula is C12H16O2. The van der Waals surface area contributed by atoms with Crippen LogP contribution >= 0.6 is 0 Å². The molecule has 14 heavy (non-hydrogen) atoms. The van der Waals surface area contributed by atoms with Crippen LogP contribution in [0.4, 0.5) is 0 Å². The van der Waals surface area contributed by atoms with Gasteiger partial charge in [-0.05, 0) is 48.3 Å². The van der Waals surface area contributed by atoms with Gasteiger partial charge in [-0.3, -0.25) is 0 Å². The molecule has 6 unspecified atom stereocenters. The molecule has 0 spiro atoms. The summed E-state index contributed by atoms with van der Waals surface area (Å²) in [5.41, 5.74) is 0.274. The standard InChI is InChI=1S/C12H16O2/c1-11(13)7-4-5-6(4)12(3-14-2)9(7)10(12)8(5)11/h4-10,13H,3H2,1-2H3. The van der Waals surface area contributed by atoms with Crippen molar-refractivity contribution in [3.63, 3.8) is 0 Å². The van der Waals surface area contributed by atoms with Crippen molar-refractivity contribution >= 4 is 0 Å². The van der Waals surface area contributed by atoms with Gasteiger partial charge in [-0.1, -0.05) is 0 Å². The van der Waals surface area contributed by atoms with E-state index in [4.69, 9.17) is 4.74 Å². The van der Waals surface area contributed by atoms with Gasteiger partial charge in [0.25, 0.3) is 0 Å². The quantitative estimate of drug-likeness (QED) is 0.699.